The molecule has 2 unspecified atom stereocenters. The zero-order chi connectivity index (χ0) is 21.6. The summed E-state index contributed by atoms with van der Waals surface area (Å²) in [4.78, 5) is 1.16. The molecule has 2 atom stereocenters. The highest BCUT2D eigenvalue weighted by Crippen LogP contribution is 2.36. The van der Waals surface area contributed by atoms with Crippen LogP contribution in [0.5, 0.6) is 0 Å². The molecule has 30 heavy (non-hydrogen) atoms. The van der Waals surface area contributed by atoms with E-state index in [0.29, 0.717) is 16.6 Å². The Hall–Kier alpha value is -1.49. The molecule has 0 bridgehead atoms. The first-order chi connectivity index (χ1) is 14.4. The number of halogens is 2. The van der Waals surface area contributed by atoms with Gasteiger partial charge in [0.25, 0.3) is 0 Å². The number of thioether (sulfide) groups is 1. The maximum absolute atomic E-state index is 11.3. The largest absolute Gasteiger partial charge is 0.388 e. The van der Waals surface area contributed by atoms with E-state index < -0.39 is 5.60 Å². The third-order valence-electron chi connectivity index (χ3n) is 5.11. The molecule has 0 heterocycles. The van der Waals surface area contributed by atoms with Gasteiger partial charge in [0.2, 0.25) is 0 Å². The van der Waals surface area contributed by atoms with E-state index in [1.807, 2.05) is 44.2 Å². The molecular formula is C25H27Cl2NOS. The number of likely N-dealkylation sites (N-methyl/N-ethyl adjacent to an activating group) is 1. The van der Waals surface area contributed by atoms with Gasteiger partial charge in [0, 0.05) is 33.2 Å². The van der Waals surface area contributed by atoms with Crippen molar-refractivity contribution in [1.29, 1.82) is 0 Å². The molecule has 0 aliphatic carbocycles. The Morgan fingerprint density at radius 1 is 0.967 bits per heavy atom. The van der Waals surface area contributed by atoms with Gasteiger partial charge in [-0.1, -0.05) is 78.7 Å². The molecule has 2 N–H and O–H groups in total. The third kappa shape index (κ3) is 6.03. The Bertz CT molecular complexity index is 945. The summed E-state index contributed by atoms with van der Waals surface area (Å²) in [5.74, 6) is 0.651. The van der Waals surface area contributed by atoms with Crippen LogP contribution in [-0.4, -0.2) is 23.8 Å². The fraction of sp³-hybridized carbons (Fsp3) is 0.280. The number of benzene rings is 3. The number of nitrogens with one attached hydrogen (secondary N) is 1. The number of hydrogen-bond donors (Lipinski definition) is 2. The van der Waals surface area contributed by atoms with Gasteiger partial charge in [0.1, 0.15) is 0 Å². The normalized spacial score (nSPS) is 14.3. The van der Waals surface area contributed by atoms with Crippen molar-refractivity contribution >= 4 is 35.0 Å². The molecule has 158 valence electrons. The molecule has 3 aromatic rings. The van der Waals surface area contributed by atoms with Crippen LogP contribution >= 0.6 is 35.0 Å². The van der Waals surface area contributed by atoms with Crippen molar-refractivity contribution < 1.29 is 5.11 Å². The van der Waals surface area contributed by atoms with E-state index in [1.165, 1.54) is 0 Å². The summed E-state index contributed by atoms with van der Waals surface area (Å²) in [6.07, 6.45) is 0. The molecule has 0 aliphatic heterocycles. The van der Waals surface area contributed by atoms with Crippen molar-refractivity contribution in [3.63, 3.8) is 0 Å². The molecule has 0 amide bonds. The molecule has 0 aliphatic rings. The van der Waals surface area contributed by atoms with Crippen molar-refractivity contribution in [2.75, 3.05) is 13.1 Å². The zero-order valence-electron chi connectivity index (χ0n) is 17.2. The number of hydrogen-bond acceptors (Lipinski definition) is 3. The van der Waals surface area contributed by atoms with Crippen LogP contribution < -0.4 is 5.32 Å². The molecule has 3 aromatic carbocycles. The molecule has 3 rings (SSSR count). The van der Waals surface area contributed by atoms with Crippen LogP contribution in [0, 0.1) is 0 Å². The minimum atomic E-state index is -0.914. The first-order valence-corrected chi connectivity index (χ1v) is 11.8. The molecule has 0 fully saturated rings. The predicted octanol–water partition coefficient (Wildman–Crippen LogP) is 6.78. The van der Waals surface area contributed by atoms with Crippen molar-refractivity contribution in [1.82, 2.24) is 5.32 Å². The van der Waals surface area contributed by atoms with Crippen LogP contribution in [0.2, 0.25) is 10.0 Å². The fourth-order valence-corrected chi connectivity index (χ4v) is 5.05. The lowest BCUT2D eigenvalue weighted by atomic mass is 9.78. The van der Waals surface area contributed by atoms with E-state index in [2.05, 4.69) is 41.7 Å². The van der Waals surface area contributed by atoms with Crippen molar-refractivity contribution in [2.45, 2.75) is 36.0 Å². The Kier molecular flexibility index (Phi) is 8.27. The second-order valence-electron chi connectivity index (χ2n) is 7.57. The van der Waals surface area contributed by atoms with Gasteiger partial charge < -0.3 is 10.4 Å². The SMILES string of the molecule is CCNCC(C)(O)C(c1ccccc1)c1ccc(SCc2ccc(Cl)cc2Cl)cc1. The Morgan fingerprint density at radius 3 is 2.27 bits per heavy atom. The third-order valence-corrected chi connectivity index (χ3v) is 6.76. The molecular weight excluding hydrogens is 433 g/mol. The average molecular weight is 460 g/mol. The van der Waals surface area contributed by atoms with Crippen molar-refractivity contribution in [2.24, 2.45) is 0 Å². The summed E-state index contributed by atoms with van der Waals surface area (Å²) in [6.45, 7) is 5.29. The average Bonchev–Trinajstić information content (AvgIpc) is 2.73. The Morgan fingerprint density at radius 2 is 1.63 bits per heavy atom. The van der Waals surface area contributed by atoms with E-state index in [1.54, 1.807) is 17.8 Å². The van der Waals surface area contributed by atoms with Crippen molar-refractivity contribution in [3.8, 4) is 0 Å². The summed E-state index contributed by atoms with van der Waals surface area (Å²) in [6, 6.07) is 24.3. The van der Waals surface area contributed by atoms with Crippen molar-refractivity contribution in [3.05, 3.63) is 99.5 Å². The summed E-state index contributed by atoms with van der Waals surface area (Å²) in [5, 5.41) is 15.9. The van der Waals surface area contributed by atoms with Crippen LogP contribution in [0.15, 0.2) is 77.7 Å². The highest BCUT2D eigenvalue weighted by atomic mass is 35.5. The summed E-state index contributed by atoms with van der Waals surface area (Å²) in [7, 11) is 0. The fourth-order valence-electron chi connectivity index (χ4n) is 3.59. The van der Waals surface area contributed by atoms with Gasteiger partial charge in [0.05, 0.1) is 5.60 Å². The van der Waals surface area contributed by atoms with Gasteiger partial charge >= 0.3 is 0 Å². The monoisotopic (exact) mass is 459 g/mol. The highest BCUT2D eigenvalue weighted by Gasteiger charge is 2.34. The maximum Gasteiger partial charge on any atom is 0.0852 e. The van der Waals surface area contributed by atoms with Gasteiger partial charge in [-0.2, -0.15) is 0 Å². The van der Waals surface area contributed by atoms with Crippen LogP contribution in [0.4, 0.5) is 0 Å². The Labute approximate surface area is 193 Å². The van der Waals surface area contributed by atoms with Gasteiger partial charge in [-0.3, -0.25) is 0 Å². The van der Waals surface area contributed by atoms with Gasteiger partial charge in [0.15, 0.2) is 0 Å². The molecule has 2 nitrogen and oxygen atoms in total. The summed E-state index contributed by atoms with van der Waals surface area (Å²) < 4.78 is 0. The van der Waals surface area contributed by atoms with Gasteiger partial charge in [-0.15, -0.1) is 11.8 Å². The Balaban J connectivity index is 1.80. The van der Waals surface area contributed by atoms with E-state index in [0.717, 1.165) is 33.9 Å². The van der Waals surface area contributed by atoms with Gasteiger partial charge in [-0.25, -0.2) is 0 Å². The first kappa shape index (κ1) is 23.2. The zero-order valence-corrected chi connectivity index (χ0v) is 19.6. The number of aliphatic hydroxyl groups is 1. The predicted molar refractivity (Wildman–Crippen MR) is 130 cm³/mol. The quantitative estimate of drug-likeness (QED) is 0.345. The highest BCUT2D eigenvalue weighted by molar-refractivity contribution is 7.98. The summed E-state index contributed by atoms with van der Waals surface area (Å²) in [5.41, 5.74) is 2.35. The number of rotatable bonds is 9. The molecule has 0 radical (unpaired) electrons. The lowest BCUT2D eigenvalue weighted by Gasteiger charge is -2.34. The second kappa shape index (κ2) is 10.7. The van der Waals surface area contributed by atoms with E-state index in [9.17, 15) is 5.11 Å². The molecule has 0 aromatic heterocycles. The van der Waals surface area contributed by atoms with Crippen LogP contribution in [0.1, 0.15) is 36.5 Å². The maximum atomic E-state index is 11.3. The lowest BCUT2D eigenvalue weighted by molar-refractivity contribution is 0.0434. The van der Waals surface area contributed by atoms with Crippen LogP contribution in [0.25, 0.3) is 0 Å². The van der Waals surface area contributed by atoms with E-state index in [4.69, 9.17) is 23.2 Å². The smallest absolute Gasteiger partial charge is 0.0852 e. The minimum absolute atomic E-state index is 0.123. The summed E-state index contributed by atoms with van der Waals surface area (Å²) >= 11 is 14.0. The molecule has 0 spiro atoms. The molecule has 0 saturated carbocycles. The van der Waals surface area contributed by atoms with Gasteiger partial charge in [-0.05, 0) is 54.4 Å². The lowest BCUT2D eigenvalue weighted by Crippen LogP contribution is -2.43. The first-order valence-electron chi connectivity index (χ1n) is 10.1. The van der Waals surface area contributed by atoms with Crippen LogP contribution in [0.3, 0.4) is 0 Å². The van der Waals surface area contributed by atoms with E-state index >= 15 is 0 Å². The minimum Gasteiger partial charge on any atom is -0.388 e. The van der Waals surface area contributed by atoms with E-state index in [-0.39, 0.29) is 5.92 Å². The topological polar surface area (TPSA) is 32.3 Å². The standard InChI is InChI=1S/C25H27Cl2NOS/c1-3-28-17-25(2,29)24(18-7-5-4-6-8-18)19-10-13-22(14-11-19)30-16-20-9-12-21(26)15-23(20)27/h4-15,24,28-29H,3,16-17H2,1-2H3. The second-order valence-corrected chi connectivity index (χ2v) is 9.47. The van der Waals surface area contributed by atoms with Crippen LogP contribution in [-0.2, 0) is 5.75 Å². The molecule has 0 saturated heterocycles. The molecule has 5 heteroatoms.